The first-order chi connectivity index (χ1) is 12.8. The first kappa shape index (κ1) is 19.9. The van der Waals surface area contributed by atoms with E-state index in [1.165, 1.54) is 12.1 Å². The van der Waals surface area contributed by atoms with E-state index in [-0.39, 0.29) is 5.75 Å². The van der Waals surface area contributed by atoms with Crippen molar-refractivity contribution < 1.29 is 17.9 Å². The molecule has 0 amide bonds. The van der Waals surface area contributed by atoms with Crippen LogP contribution < -0.4 is 10.5 Å². The van der Waals surface area contributed by atoms with Crippen molar-refractivity contribution in [2.75, 3.05) is 6.54 Å². The van der Waals surface area contributed by atoms with Crippen LogP contribution in [0, 0.1) is 0 Å². The monoisotopic (exact) mass is 416 g/mol. The van der Waals surface area contributed by atoms with Gasteiger partial charge in [0.2, 0.25) is 0 Å². The Balaban J connectivity index is 2.14. The van der Waals surface area contributed by atoms with E-state index in [9.17, 15) is 13.2 Å². The molecule has 0 aliphatic carbocycles. The standard InChI is InChI=1S/C19H17Cl2F3N2O/c20-11-4-6-16(21)15(9-11)18-13(3-1-2-8-25)14-10-12(27-19(22,23)24)5-7-17(14)26-18/h4-7,9-10,26H,1-3,8,25H2. The highest BCUT2D eigenvalue weighted by atomic mass is 35.5. The van der Waals surface area contributed by atoms with Gasteiger partial charge in [0.25, 0.3) is 0 Å². The number of hydrogen-bond acceptors (Lipinski definition) is 2. The van der Waals surface area contributed by atoms with Gasteiger partial charge in [-0.3, -0.25) is 0 Å². The molecule has 8 heteroatoms. The van der Waals surface area contributed by atoms with Gasteiger partial charge < -0.3 is 15.5 Å². The zero-order valence-corrected chi connectivity index (χ0v) is 15.7. The Kier molecular flexibility index (Phi) is 5.89. The second kappa shape index (κ2) is 8.00. The van der Waals surface area contributed by atoms with E-state index in [4.69, 9.17) is 28.9 Å². The molecule has 1 heterocycles. The molecule has 0 fully saturated rings. The van der Waals surface area contributed by atoms with Crippen molar-refractivity contribution in [1.29, 1.82) is 0 Å². The third kappa shape index (κ3) is 4.69. The minimum Gasteiger partial charge on any atom is -0.406 e. The fourth-order valence-corrected chi connectivity index (χ4v) is 3.43. The van der Waals surface area contributed by atoms with Gasteiger partial charge in [-0.1, -0.05) is 23.2 Å². The van der Waals surface area contributed by atoms with Gasteiger partial charge in [-0.2, -0.15) is 0 Å². The number of aromatic amines is 1. The second-order valence-corrected chi connectivity index (χ2v) is 6.95. The molecule has 0 saturated carbocycles. The highest BCUT2D eigenvalue weighted by Gasteiger charge is 2.31. The molecule has 3 rings (SSSR count). The van der Waals surface area contributed by atoms with Crippen molar-refractivity contribution in [1.82, 2.24) is 4.98 Å². The molecule has 0 saturated heterocycles. The van der Waals surface area contributed by atoms with Crippen LogP contribution in [0.1, 0.15) is 18.4 Å². The lowest BCUT2D eigenvalue weighted by molar-refractivity contribution is -0.274. The van der Waals surface area contributed by atoms with E-state index in [1.807, 2.05) is 0 Å². The van der Waals surface area contributed by atoms with Gasteiger partial charge in [0, 0.05) is 26.5 Å². The Morgan fingerprint density at radius 1 is 1.04 bits per heavy atom. The average Bonchev–Trinajstić information content (AvgIpc) is 2.94. The van der Waals surface area contributed by atoms with E-state index in [2.05, 4.69) is 9.72 Å². The van der Waals surface area contributed by atoms with Crippen molar-refractivity contribution >= 4 is 34.1 Å². The number of rotatable bonds is 6. The quantitative estimate of drug-likeness (QED) is 0.461. The summed E-state index contributed by atoms with van der Waals surface area (Å²) in [5, 5.41) is 1.67. The van der Waals surface area contributed by atoms with Crippen LogP contribution in [0.3, 0.4) is 0 Å². The lowest BCUT2D eigenvalue weighted by Gasteiger charge is -2.10. The maximum atomic E-state index is 12.6. The summed E-state index contributed by atoms with van der Waals surface area (Å²) in [7, 11) is 0. The largest absolute Gasteiger partial charge is 0.573 e. The number of halogens is 5. The van der Waals surface area contributed by atoms with Gasteiger partial charge in [0.15, 0.2) is 0 Å². The Labute approximate surface area is 164 Å². The van der Waals surface area contributed by atoms with Gasteiger partial charge in [0.05, 0.1) is 5.69 Å². The molecule has 3 N–H and O–H groups in total. The molecule has 144 valence electrons. The Bertz CT molecular complexity index is 954. The summed E-state index contributed by atoms with van der Waals surface area (Å²) in [5.41, 5.74) is 8.56. The number of fused-ring (bicyclic) bond motifs is 1. The number of nitrogens with two attached hydrogens (primary N) is 1. The molecule has 0 aliphatic heterocycles. The first-order valence-electron chi connectivity index (χ1n) is 8.34. The minimum absolute atomic E-state index is 0.266. The van der Waals surface area contributed by atoms with Crippen LogP contribution in [-0.4, -0.2) is 17.9 Å². The van der Waals surface area contributed by atoms with Crippen molar-refractivity contribution in [3.63, 3.8) is 0 Å². The highest BCUT2D eigenvalue weighted by molar-refractivity contribution is 6.35. The lowest BCUT2D eigenvalue weighted by Crippen LogP contribution is -2.16. The summed E-state index contributed by atoms with van der Waals surface area (Å²) in [6.07, 6.45) is -2.53. The Morgan fingerprint density at radius 2 is 1.81 bits per heavy atom. The molecule has 0 atom stereocenters. The number of ether oxygens (including phenoxy) is 1. The number of hydrogen-bond donors (Lipinski definition) is 2. The summed E-state index contributed by atoms with van der Waals surface area (Å²) in [6, 6.07) is 9.32. The SMILES string of the molecule is NCCCCc1c(-c2cc(Cl)ccc2Cl)[nH]c2ccc(OC(F)(F)F)cc12. The summed E-state index contributed by atoms with van der Waals surface area (Å²) in [5.74, 6) is -0.266. The molecular weight excluding hydrogens is 400 g/mol. The minimum atomic E-state index is -4.75. The molecule has 1 aromatic heterocycles. The number of H-pyrrole nitrogens is 1. The van der Waals surface area contributed by atoms with Crippen LogP contribution in [0.25, 0.3) is 22.2 Å². The number of aromatic nitrogens is 1. The predicted octanol–water partition coefficient (Wildman–Crippen LogP) is 6.32. The van der Waals surface area contributed by atoms with Crippen LogP contribution in [0.15, 0.2) is 36.4 Å². The van der Waals surface area contributed by atoms with Crippen LogP contribution in [0.2, 0.25) is 10.0 Å². The summed E-state index contributed by atoms with van der Waals surface area (Å²) < 4.78 is 41.8. The molecule has 0 bridgehead atoms. The van der Waals surface area contributed by atoms with Crippen molar-refractivity contribution in [2.45, 2.75) is 25.6 Å². The van der Waals surface area contributed by atoms with E-state index in [0.717, 1.165) is 24.1 Å². The number of alkyl halides is 3. The van der Waals surface area contributed by atoms with Crippen LogP contribution in [0.5, 0.6) is 5.75 Å². The average molecular weight is 417 g/mol. The van der Waals surface area contributed by atoms with Gasteiger partial charge >= 0.3 is 6.36 Å². The van der Waals surface area contributed by atoms with Gasteiger partial charge in [0.1, 0.15) is 5.75 Å². The number of unbranched alkanes of at least 4 members (excludes halogenated alkanes) is 1. The van der Waals surface area contributed by atoms with E-state index < -0.39 is 6.36 Å². The lowest BCUT2D eigenvalue weighted by atomic mass is 10.00. The maximum absolute atomic E-state index is 12.6. The van der Waals surface area contributed by atoms with Crippen molar-refractivity contribution in [3.8, 4) is 17.0 Å². The molecule has 3 nitrogen and oxygen atoms in total. The molecule has 0 unspecified atom stereocenters. The van der Waals surface area contributed by atoms with Crippen LogP contribution in [0.4, 0.5) is 13.2 Å². The van der Waals surface area contributed by atoms with Crippen molar-refractivity contribution in [3.05, 3.63) is 52.0 Å². The number of aryl methyl sites for hydroxylation is 1. The van der Waals surface area contributed by atoms with E-state index in [1.54, 1.807) is 24.3 Å². The molecule has 3 aromatic rings. The maximum Gasteiger partial charge on any atom is 0.573 e. The van der Waals surface area contributed by atoms with Gasteiger partial charge in [-0.25, -0.2) is 0 Å². The molecule has 0 radical (unpaired) electrons. The molecule has 0 spiro atoms. The third-order valence-electron chi connectivity index (χ3n) is 4.19. The van der Waals surface area contributed by atoms with E-state index >= 15 is 0 Å². The summed E-state index contributed by atoms with van der Waals surface area (Å²) in [4.78, 5) is 3.25. The second-order valence-electron chi connectivity index (χ2n) is 6.10. The Morgan fingerprint density at radius 3 is 2.52 bits per heavy atom. The number of benzene rings is 2. The number of nitrogens with one attached hydrogen (secondary N) is 1. The molecular formula is C19H17Cl2F3N2O. The van der Waals surface area contributed by atoms with Crippen molar-refractivity contribution in [2.24, 2.45) is 5.73 Å². The van der Waals surface area contributed by atoms with E-state index in [0.29, 0.717) is 39.5 Å². The fourth-order valence-electron chi connectivity index (χ4n) is 3.05. The van der Waals surface area contributed by atoms with Crippen LogP contribution in [-0.2, 0) is 6.42 Å². The molecule has 0 aliphatic rings. The van der Waals surface area contributed by atoms with Crippen LogP contribution >= 0.6 is 23.2 Å². The Hall–Kier alpha value is -1.89. The molecule has 27 heavy (non-hydrogen) atoms. The van der Waals surface area contributed by atoms with Gasteiger partial charge in [-0.15, -0.1) is 13.2 Å². The molecule has 2 aromatic carbocycles. The summed E-state index contributed by atoms with van der Waals surface area (Å²) >= 11 is 12.4. The zero-order valence-electron chi connectivity index (χ0n) is 14.2. The third-order valence-corrected chi connectivity index (χ3v) is 4.75. The smallest absolute Gasteiger partial charge is 0.406 e. The first-order valence-corrected chi connectivity index (χ1v) is 9.10. The topological polar surface area (TPSA) is 51.0 Å². The normalized spacial score (nSPS) is 11.9. The zero-order chi connectivity index (χ0) is 19.6. The predicted molar refractivity (Wildman–Crippen MR) is 102 cm³/mol. The summed E-state index contributed by atoms with van der Waals surface area (Å²) in [6.45, 7) is 0.540. The van der Waals surface area contributed by atoms with Gasteiger partial charge in [-0.05, 0) is 67.8 Å². The highest BCUT2D eigenvalue weighted by Crippen LogP contribution is 2.38. The fraction of sp³-hybridized carbons (Fsp3) is 0.263.